The first-order valence-electron chi connectivity index (χ1n) is 9.44. The van der Waals surface area contributed by atoms with E-state index in [1.165, 1.54) is 6.07 Å². The van der Waals surface area contributed by atoms with Crippen molar-refractivity contribution >= 4 is 27.2 Å². The fraction of sp³-hybridized carbons (Fsp3) is 0.300. The molecule has 0 aliphatic rings. The molecule has 0 aromatic carbocycles. The van der Waals surface area contributed by atoms with Gasteiger partial charge in [-0.3, -0.25) is 9.48 Å². The zero-order valence-corrected chi connectivity index (χ0v) is 17.0. The Bertz CT molecular complexity index is 1170. The van der Waals surface area contributed by atoms with Crippen LogP contribution < -0.4 is 10.9 Å². The number of aromatic nitrogens is 5. The molecule has 8 nitrogen and oxygen atoms in total. The number of H-pyrrole nitrogens is 1. The monoisotopic (exact) mass is 410 g/mol. The summed E-state index contributed by atoms with van der Waals surface area (Å²) >= 11 is 1.58. The number of rotatable bonds is 7. The van der Waals surface area contributed by atoms with E-state index < -0.39 is 0 Å². The molecule has 4 rings (SSSR count). The van der Waals surface area contributed by atoms with Gasteiger partial charge in [0.1, 0.15) is 10.5 Å². The van der Waals surface area contributed by atoms with Gasteiger partial charge >= 0.3 is 0 Å². The van der Waals surface area contributed by atoms with Crippen molar-refractivity contribution in [2.75, 3.05) is 11.9 Å². The molecule has 0 aliphatic carbocycles. The lowest BCUT2D eigenvalue weighted by Gasteiger charge is -2.14. The molecule has 150 valence electrons. The van der Waals surface area contributed by atoms with Gasteiger partial charge < -0.3 is 15.4 Å². The van der Waals surface area contributed by atoms with Crippen LogP contribution in [0.4, 0.5) is 5.69 Å². The lowest BCUT2D eigenvalue weighted by atomic mass is 10.1. The number of aryl methyl sites for hydroxylation is 1. The predicted octanol–water partition coefficient (Wildman–Crippen LogP) is 3.11. The van der Waals surface area contributed by atoms with Gasteiger partial charge in [0.15, 0.2) is 0 Å². The topological polar surface area (TPSA) is 109 Å². The predicted molar refractivity (Wildman–Crippen MR) is 115 cm³/mol. The van der Waals surface area contributed by atoms with Crippen molar-refractivity contribution in [3.63, 3.8) is 0 Å². The number of hydrogen-bond acceptors (Lipinski definition) is 7. The quantitative estimate of drug-likeness (QED) is 0.432. The normalized spacial score (nSPS) is 11.4. The number of thiophene rings is 1. The summed E-state index contributed by atoms with van der Waals surface area (Å²) in [7, 11) is 0. The van der Waals surface area contributed by atoms with Crippen LogP contribution in [0.2, 0.25) is 0 Å². The molecule has 3 N–H and O–H groups in total. The maximum absolute atomic E-state index is 11.4. The summed E-state index contributed by atoms with van der Waals surface area (Å²) in [6, 6.07) is 5.65. The second-order valence-electron chi connectivity index (χ2n) is 7.06. The van der Waals surface area contributed by atoms with Gasteiger partial charge in [0, 0.05) is 59.0 Å². The van der Waals surface area contributed by atoms with Crippen LogP contribution in [0.5, 0.6) is 0 Å². The molecule has 0 unspecified atom stereocenters. The highest BCUT2D eigenvalue weighted by Gasteiger charge is 2.17. The van der Waals surface area contributed by atoms with Gasteiger partial charge in [-0.25, -0.2) is 4.98 Å². The minimum Gasteiger partial charge on any atom is -0.396 e. The van der Waals surface area contributed by atoms with Crippen molar-refractivity contribution in [3.8, 4) is 21.7 Å². The number of hydrogen-bond donors (Lipinski definition) is 3. The molecule has 0 radical (unpaired) electrons. The first-order chi connectivity index (χ1) is 14.0. The molecular formula is C20H22N6O2S. The molecule has 0 fully saturated rings. The van der Waals surface area contributed by atoms with Crippen LogP contribution in [-0.4, -0.2) is 42.7 Å². The Morgan fingerprint density at radius 1 is 1.34 bits per heavy atom. The van der Waals surface area contributed by atoms with Crippen LogP contribution in [0.1, 0.15) is 20.3 Å². The highest BCUT2D eigenvalue weighted by atomic mass is 32.1. The number of aliphatic hydroxyl groups excluding tert-OH is 1. The maximum Gasteiger partial charge on any atom is 0.247 e. The minimum absolute atomic E-state index is 0.116. The van der Waals surface area contributed by atoms with Crippen LogP contribution in [-0.2, 0) is 6.54 Å². The molecule has 4 aromatic rings. The van der Waals surface area contributed by atoms with Crippen molar-refractivity contribution in [2.24, 2.45) is 0 Å². The van der Waals surface area contributed by atoms with Crippen molar-refractivity contribution < 1.29 is 5.11 Å². The highest BCUT2D eigenvalue weighted by molar-refractivity contribution is 7.22. The second-order valence-corrected chi connectivity index (χ2v) is 8.09. The lowest BCUT2D eigenvalue weighted by Crippen LogP contribution is -2.11. The zero-order valence-electron chi connectivity index (χ0n) is 16.2. The summed E-state index contributed by atoms with van der Waals surface area (Å²) in [6.07, 6.45) is 6.04. The fourth-order valence-electron chi connectivity index (χ4n) is 3.10. The molecule has 0 bridgehead atoms. The first-order valence-corrected chi connectivity index (χ1v) is 10.3. The largest absolute Gasteiger partial charge is 0.396 e. The fourth-order valence-corrected chi connectivity index (χ4v) is 4.10. The SMILES string of the molecule is CC(C)Nc1c(-c2cn(CCCO)nn2)cnc2sc(-c3ccc(=O)[nH]c3)cc12. The first kappa shape index (κ1) is 19.3. The smallest absolute Gasteiger partial charge is 0.247 e. The summed E-state index contributed by atoms with van der Waals surface area (Å²) in [5.74, 6) is 0. The van der Waals surface area contributed by atoms with E-state index in [2.05, 4.69) is 45.5 Å². The van der Waals surface area contributed by atoms with E-state index in [4.69, 9.17) is 5.11 Å². The Morgan fingerprint density at radius 3 is 2.93 bits per heavy atom. The molecular weight excluding hydrogens is 388 g/mol. The molecule has 0 atom stereocenters. The molecule has 0 aliphatic heterocycles. The van der Waals surface area contributed by atoms with Crippen LogP contribution in [0.3, 0.4) is 0 Å². The van der Waals surface area contributed by atoms with Crippen molar-refractivity contribution in [1.29, 1.82) is 0 Å². The van der Waals surface area contributed by atoms with E-state index in [-0.39, 0.29) is 18.2 Å². The molecule has 0 saturated heterocycles. The van der Waals surface area contributed by atoms with Gasteiger partial charge in [-0.2, -0.15) is 0 Å². The second kappa shape index (κ2) is 8.14. The number of anilines is 1. The van der Waals surface area contributed by atoms with Gasteiger partial charge in [-0.1, -0.05) is 5.21 Å². The van der Waals surface area contributed by atoms with Crippen LogP contribution >= 0.6 is 11.3 Å². The van der Waals surface area contributed by atoms with E-state index in [1.54, 1.807) is 22.2 Å². The lowest BCUT2D eigenvalue weighted by molar-refractivity contribution is 0.276. The molecule has 0 saturated carbocycles. The zero-order chi connectivity index (χ0) is 20.4. The average Bonchev–Trinajstić information content (AvgIpc) is 3.34. The van der Waals surface area contributed by atoms with Crippen LogP contribution in [0.25, 0.3) is 31.9 Å². The van der Waals surface area contributed by atoms with E-state index in [1.807, 2.05) is 18.5 Å². The third-order valence-corrected chi connectivity index (χ3v) is 5.52. The number of aromatic amines is 1. The van der Waals surface area contributed by atoms with Crippen molar-refractivity contribution in [1.82, 2.24) is 25.0 Å². The van der Waals surface area contributed by atoms with E-state index in [0.29, 0.717) is 13.0 Å². The minimum atomic E-state index is -0.123. The van der Waals surface area contributed by atoms with Gasteiger partial charge in [0.2, 0.25) is 5.56 Å². The molecule has 4 aromatic heterocycles. The van der Waals surface area contributed by atoms with E-state index in [9.17, 15) is 4.79 Å². The number of aliphatic hydroxyl groups is 1. The summed E-state index contributed by atoms with van der Waals surface area (Å²) in [4.78, 5) is 20.7. The van der Waals surface area contributed by atoms with Crippen molar-refractivity contribution in [3.05, 3.63) is 47.1 Å². The standard InChI is InChI=1S/C20H22N6O2S/c1-12(2)23-19-14-8-17(13-4-5-18(28)21-9-13)29-20(14)22-10-15(19)16-11-26(25-24-16)6-3-7-27/h4-5,8-12,27H,3,6-7H2,1-2H3,(H,21,28)(H,22,23). The van der Waals surface area contributed by atoms with E-state index in [0.717, 1.165) is 37.6 Å². The number of pyridine rings is 2. The van der Waals surface area contributed by atoms with Crippen LogP contribution in [0, 0.1) is 0 Å². The molecule has 9 heteroatoms. The molecule has 4 heterocycles. The van der Waals surface area contributed by atoms with Gasteiger partial charge in [0.05, 0.1) is 11.9 Å². The van der Waals surface area contributed by atoms with Gasteiger partial charge in [-0.05, 0) is 32.4 Å². The Labute approximate surface area is 171 Å². The summed E-state index contributed by atoms with van der Waals surface area (Å²) in [5, 5.41) is 22.0. The summed E-state index contributed by atoms with van der Waals surface area (Å²) < 4.78 is 1.73. The summed E-state index contributed by atoms with van der Waals surface area (Å²) in [6.45, 7) is 4.90. The van der Waals surface area contributed by atoms with E-state index >= 15 is 0 Å². The Hall–Kier alpha value is -3.04. The Kier molecular flexibility index (Phi) is 5.41. The average molecular weight is 411 g/mol. The summed E-state index contributed by atoms with van der Waals surface area (Å²) in [5.41, 5.74) is 3.40. The third-order valence-electron chi connectivity index (χ3n) is 4.42. The maximum atomic E-state index is 11.4. The molecule has 29 heavy (non-hydrogen) atoms. The third kappa shape index (κ3) is 4.06. The molecule has 0 amide bonds. The number of nitrogens with zero attached hydrogens (tertiary/aromatic N) is 4. The number of nitrogens with one attached hydrogen (secondary N) is 2. The number of fused-ring (bicyclic) bond motifs is 1. The Morgan fingerprint density at radius 2 is 2.21 bits per heavy atom. The van der Waals surface area contributed by atoms with Gasteiger partial charge in [-0.15, -0.1) is 16.4 Å². The highest BCUT2D eigenvalue weighted by Crippen LogP contribution is 2.40. The van der Waals surface area contributed by atoms with Crippen molar-refractivity contribution in [2.45, 2.75) is 32.9 Å². The van der Waals surface area contributed by atoms with Gasteiger partial charge in [0.25, 0.3) is 0 Å². The molecule has 0 spiro atoms. The Balaban J connectivity index is 1.81. The van der Waals surface area contributed by atoms with Crippen LogP contribution in [0.15, 0.2) is 41.6 Å².